The van der Waals surface area contributed by atoms with Crippen molar-refractivity contribution in [2.45, 2.75) is 46.9 Å². The molecule has 1 N–H and O–H groups in total. The summed E-state index contributed by atoms with van der Waals surface area (Å²) in [7, 11) is 0. The molecule has 3 rings (SSSR count). The molecule has 0 saturated heterocycles. The van der Waals surface area contributed by atoms with Gasteiger partial charge in [0.1, 0.15) is 6.61 Å². The van der Waals surface area contributed by atoms with Crippen molar-refractivity contribution in [2.24, 2.45) is 0 Å². The van der Waals surface area contributed by atoms with Gasteiger partial charge in [-0.1, -0.05) is 41.9 Å². The third-order valence-electron chi connectivity index (χ3n) is 4.29. The van der Waals surface area contributed by atoms with Gasteiger partial charge in [0.2, 0.25) is 5.95 Å². The number of nitrogens with zero attached hydrogens (tertiary/aromatic N) is 4. The molecule has 8 heteroatoms. The number of halogens is 1. The van der Waals surface area contributed by atoms with Crippen molar-refractivity contribution in [3.05, 3.63) is 57.6 Å². The summed E-state index contributed by atoms with van der Waals surface area (Å²) in [5, 5.41) is 15.1. The molecule has 1 aromatic heterocycles. The number of benzene rings is 2. The van der Waals surface area contributed by atoms with Crippen LogP contribution in [0, 0.1) is 6.92 Å². The van der Waals surface area contributed by atoms with Crippen LogP contribution in [0.15, 0.2) is 40.9 Å². The van der Waals surface area contributed by atoms with E-state index < -0.39 is 0 Å². The largest absolute Gasteiger partial charge is 0.490 e. The van der Waals surface area contributed by atoms with Gasteiger partial charge in [0.15, 0.2) is 11.5 Å². The fraction of sp³-hybridized carbons (Fsp3) is 0.381. The topological polar surface area (TPSA) is 74.1 Å². The molecule has 154 valence electrons. The van der Waals surface area contributed by atoms with Gasteiger partial charge in [0.25, 0.3) is 0 Å². The van der Waals surface area contributed by atoms with E-state index in [2.05, 4.69) is 74.9 Å². The summed E-state index contributed by atoms with van der Waals surface area (Å²) in [4.78, 5) is 0. The van der Waals surface area contributed by atoms with Gasteiger partial charge in [0, 0.05) is 13.1 Å². The highest BCUT2D eigenvalue weighted by atomic mass is 79.9. The lowest BCUT2D eigenvalue weighted by Gasteiger charge is -2.16. The van der Waals surface area contributed by atoms with Gasteiger partial charge in [-0.05, 0) is 69.9 Å². The van der Waals surface area contributed by atoms with Crippen LogP contribution in [0.1, 0.15) is 37.0 Å². The quantitative estimate of drug-likeness (QED) is 0.471. The fourth-order valence-electron chi connectivity index (χ4n) is 2.84. The number of hydrogen-bond acceptors (Lipinski definition) is 6. The van der Waals surface area contributed by atoms with Crippen molar-refractivity contribution in [3.8, 4) is 11.5 Å². The van der Waals surface area contributed by atoms with Crippen LogP contribution in [0.5, 0.6) is 11.5 Å². The molecule has 0 spiro atoms. The Morgan fingerprint density at radius 3 is 2.59 bits per heavy atom. The van der Waals surface area contributed by atoms with E-state index in [0.29, 0.717) is 37.2 Å². The third kappa shape index (κ3) is 5.69. The van der Waals surface area contributed by atoms with E-state index in [4.69, 9.17) is 9.47 Å². The highest BCUT2D eigenvalue weighted by molar-refractivity contribution is 9.10. The highest BCUT2D eigenvalue weighted by Gasteiger charge is 2.14. The Morgan fingerprint density at radius 2 is 1.86 bits per heavy atom. The molecule has 0 radical (unpaired) electrons. The number of anilines is 1. The monoisotopic (exact) mass is 459 g/mol. The summed E-state index contributed by atoms with van der Waals surface area (Å²) < 4.78 is 14.5. The minimum Gasteiger partial charge on any atom is -0.490 e. The average Bonchev–Trinajstić information content (AvgIpc) is 3.15. The number of aryl methyl sites for hydroxylation is 2. The average molecular weight is 460 g/mol. The van der Waals surface area contributed by atoms with Crippen molar-refractivity contribution < 1.29 is 9.47 Å². The Labute approximate surface area is 179 Å². The number of rotatable bonds is 10. The van der Waals surface area contributed by atoms with Crippen molar-refractivity contribution >= 4 is 21.9 Å². The zero-order valence-corrected chi connectivity index (χ0v) is 18.6. The maximum absolute atomic E-state index is 6.07. The second kappa shape index (κ2) is 10.2. The molecule has 0 aliphatic heterocycles. The summed E-state index contributed by atoms with van der Waals surface area (Å²) >= 11 is 3.63. The van der Waals surface area contributed by atoms with E-state index in [1.165, 1.54) is 5.56 Å². The van der Waals surface area contributed by atoms with Crippen LogP contribution >= 0.6 is 15.9 Å². The molecule has 0 amide bonds. The van der Waals surface area contributed by atoms with Gasteiger partial charge in [-0.15, -0.1) is 0 Å². The molecule has 7 nitrogen and oxygen atoms in total. The van der Waals surface area contributed by atoms with Crippen LogP contribution in [0.4, 0.5) is 5.95 Å². The minimum atomic E-state index is 0.475. The zero-order valence-electron chi connectivity index (χ0n) is 17.0. The Hall–Kier alpha value is -2.61. The number of ether oxygens (including phenoxy) is 2. The maximum Gasteiger partial charge on any atom is 0.243 e. The first-order valence-electron chi connectivity index (χ1n) is 9.74. The first-order valence-corrected chi connectivity index (χ1v) is 10.5. The highest BCUT2D eigenvalue weighted by Crippen LogP contribution is 2.37. The van der Waals surface area contributed by atoms with Crippen molar-refractivity contribution in [2.75, 3.05) is 11.9 Å². The van der Waals surface area contributed by atoms with Crippen LogP contribution in [-0.4, -0.2) is 26.8 Å². The molecule has 0 saturated carbocycles. The van der Waals surface area contributed by atoms with Crippen molar-refractivity contribution in [1.82, 2.24) is 20.2 Å². The molecule has 3 aromatic rings. The first-order chi connectivity index (χ1) is 14.1. The van der Waals surface area contributed by atoms with Gasteiger partial charge < -0.3 is 14.8 Å². The molecule has 0 unspecified atom stereocenters. The standard InChI is InChI=1S/C21H26BrN5O2/c1-4-10-27-21(24-25-26-27)23-13-17-11-18(22)20(19(12-17)28-5-2)29-14-16-8-6-15(3)7-9-16/h6-9,11-12H,4-5,10,13-14H2,1-3H3,(H,23,24,26). The molecule has 1 heterocycles. The van der Waals surface area contributed by atoms with Crippen molar-refractivity contribution in [1.29, 1.82) is 0 Å². The Kier molecular flexibility index (Phi) is 7.46. The van der Waals surface area contributed by atoms with Gasteiger partial charge in [-0.2, -0.15) is 0 Å². The van der Waals surface area contributed by atoms with E-state index in [0.717, 1.165) is 28.6 Å². The maximum atomic E-state index is 6.07. The molecule has 0 aliphatic rings. The van der Waals surface area contributed by atoms with E-state index in [-0.39, 0.29) is 0 Å². The number of aromatic nitrogens is 4. The van der Waals surface area contributed by atoms with E-state index in [1.807, 2.05) is 19.1 Å². The third-order valence-corrected chi connectivity index (χ3v) is 4.88. The van der Waals surface area contributed by atoms with Gasteiger partial charge in [0.05, 0.1) is 11.1 Å². The Balaban J connectivity index is 1.73. The minimum absolute atomic E-state index is 0.475. The second-order valence-electron chi connectivity index (χ2n) is 6.69. The molecule has 0 atom stereocenters. The van der Waals surface area contributed by atoms with Gasteiger partial charge in [-0.3, -0.25) is 0 Å². The summed E-state index contributed by atoms with van der Waals surface area (Å²) in [5.74, 6) is 2.06. The molecular weight excluding hydrogens is 434 g/mol. The van der Waals surface area contributed by atoms with Crippen LogP contribution in [0.25, 0.3) is 0 Å². The van der Waals surface area contributed by atoms with Crippen LogP contribution in [0.3, 0.4) is 0 Å². The Morgan fingerprint density at radius 1 is 1.07 bits per heavy atom. The van der Waals surface area contributed by atoms with Crippen LogP contribution in [-0.2, 0) is 19.7 Å². The lowest BCUT2D eigenvalue weighted by Crippen LogP contribution is -2.09. The lowest BCUT2D eigenvalue weighted by atomic mass is 10.1. The summed E-state index contributed by atoms with van der Waals surface area (Å²) in [5.41, 5.74) is 3.37. The van der Waals surface area contributed by atoms with Gasteiger partial charge >= 0.3 is 0 Å². The zero-order chi connectivity index (χ0) is 20.6. The predicted octanol–water partition coefficient (Wildman–Crippen LogP) is 4.74. The number of nitrogens with one attached hydrogen (secondary N) is 1. The normalized spacial score (nSPS) is 10.8. The number of hydrogen-bond donors (Lipinski definition) is 1. The van der Waals surface area contributed by atoms with E-state index >= 15 is 0 Å². The van der Waals surface area contributed by atoms with Crippen molar-refractivity contribution in [3.63, 3.8) is 0 Å². The van der Waals surface area contributed by atoms with E-state index in [9.17, 15) is 0 Å². The predicted molar refractivity (Wildman–Crippen MR) is 116 cm³/mol. The Bertz CT molecular complexity index is 927. The molecule has 0 bridgehead atoms. The van der Waals surface area contributed by atoms with Crippen LogP contribution < -0.4 is 14.8 Å². The molecule has 2 aromatic carbocycles. The molecular formula is C21H26BrN5O2. The number of tetrazole rings is 1. The van der Waals surface area contributed by atoms with Gasteiger partial charge in [-0.25, -0.2) is 4.68 Å². The SMILES string of the molecule is CCCn1nnnc1NCc1cc(Br)c(OCc2ccc(C)cc2)c(OCC)c1. The fourth-order valence-corrected chi connectivity index (χ4v) is 3.44. The summed E-state index contributed by atoms with van der Waals surface area (Å²) in [6.07, 6.45) is 0.965. The smallest absolute Gasteiger partial charge is 0.243 e. The van der Waals surface area contributed by atoms with E-state index in [1.54, 1.807) is 4.68 Å². The second-order valence-corrected chi connectivity index (χ2v) is 7.55. The molecule has 29 heavy (non-hydrogen) atoms. The van der Waals surface area contributed by atoms with Crippen LogP contribution in [0.2, 0.25) is 0 Å². The summed E-state index contributed by atoms with van der Waals surface area (Å²) in [6, 6.07) is 12.3. The molecule has 0 fully saturated rings. The molecule has 0 aliphatic carbocycles. The lowest BCUT2D eigenvalue weighted by molar-refractivity contribution is 0.267. The first kappa shape index (κ1) is 21.1. The summed E-state index contributed by atoms with van der Waals surface area (Å²) in [6.45, 7) is 8.49.